The third kappa shape index (κ3) is 3.50. The summed E-state index contributed by atoms with van der Waals surface area (Å²) < 4.78 is 15.2. The number of hydrogen-bond acceptors (Lipinski definition) is 6. The minimum atomic E-state index is -1.19. The van der Waals surface area contributed by atoms with Crippen LogP contribution in [-0.2, 0) is 6.61 Å². The molecule has 2 aromatic rings. The first kappa shape index (κ1) is 14.4. The lowest BCUT2D eigenvalue weighted by atomic mass is 10.2. The van der Waals surface area contributed by atoms with Gasteiger partial charge in [0.05, 0.1) is 7.11 Å². The van der Waals surface area contributed by atoms with Crippen molar-refractivity contribution in [2.24, 2.45) is 5.73 Å². The number of ether oxygens (including phenoxy) is 2. The van der Waals surface area contributed by atoms with Gasteiger partial charge in [-0.25, -0.2) is 4.79 Å². The average Bonchev–Trinajstić information content (AvgIpc) is 2.93. The summed E-state index contributed by atoms with van der Waals surface area (Å²) in [7, 11) is 1.44. The molecular formula is C13H12N2O6. The van der Waals surface area contributed by atoms with Crippen LogP contribution in [0.25, 0.3) is 0 Å². The van der Waals surface area contributed by atoms with Crippen molar-refractivity contribution in [3.05, 3.63) is 41.3 Å². The number of primary amides is 1. The number of aromatic carboxylic acids is 1. The van der Waals surface area contributed by atoms with Crippen LogP contribution in [0.5, 0.6) is 11.5 Å². The summed E-state index contributed by atoms with van der Waals surface area (Å²) in [5.74, 6) is -0.841. The molecule has 0 fully saturated rings. The number of aromatic nitrogens is 1. The van der Waals surface area contributed by atoms with Gasteiger partial charge in [-0.3, -0.25) is 4.79 Å². The zero-order chi connectivity index (χ0) is 15.4. The fourth-order valence-electron chi connectivity index (χ4n) is 1.55. The van der Waals surface area contributed by atoms with Crippen LogP contribution in [0.3, 0.4) is 0 Å². The SMILES string of the molecule is COc1cc(OCc2cc(C(=O)O)no2)cc(C(N)=O)c1. The Bertz CT molecular complexity index is 679. The molecule has 0 atom stereocenters. The zero-order valence-corrected chi connectivity index (χ0v) is 11.0. The second kappa shape index (κ2) is 5.95. The van der Waals surface area contributed by atoms with E-state index >= 15 is 0 Å². The molecule has 0 spiro atoms. The lowest BCUT2D eigenvalue weighted by Crippen LogP contribution is -2.11. The number of carbonyl (C=O) groups excluding carboxylic acids is 1. The highest BCUT2D eigenvalue weighted by atomic mass is 16.5. The molecule has 2 rings (SSSR count). The van der Waals surface area contributed by atoms with Gasteiger partial charge in [0.1, 0.15) is 18.1 Å². The maximum atomic E-state index is 11.2. The van der Waals surface area contributed by atoms with E-state index in [9.17, 15) is 9.59 Å². The smallest absolute Gasteiger partial charge is 0.358 e. The van der Waals surface area contributed by atoms with E-state index in [1.165, 1.54) is 25.3 Å². The Morgan fingerprint density at radius 1 is 1.29 bits per heavy atom. The number of nitrogens with two attached hydrogens (primary N) is 1. The molecule has 21 heavy (non-hydrogen) atoms. The maximum absolute atomic E-state index is 11.2. The topological polar surface area (TPSA) is 125 Å². The summed E-state index contributed by atoms with van der Waals surface area (Å²) in [6.45, 7) is -0.0500. The summed E-state index contributed by atoms with van der Waals surface area (Å²) in [5, 5.41) is 12.1. The molecule has 1 aromatic carbocycles. The largest absolute Gasteiger partial charge is 0.497 e. The molecule has 0 bridgehead atoms. The lowest BCUT2D eigenvalue weighted by Gasteiger charge is -2.08. The van der Waals surface area contributed by atoms with Crippen molar-refractivity contribution in [1.82, 2.24) is 5.16 Å². The fraction of sp³-hybridized carbons (Fsp3) is 0.154. The van der Waals surface area contributed by atoms with Crippen molar-refractivity contribution in [2.75, 3.05) is 7.11 Å². The van der Waals surface area contributed by atoms with E-state index in [1.807, 2.05) is 0 Å². The molecule has 3 N–H and O–H groups in total. The van der Waals surface area contributed by atoms with Crippen molar-refractivity contribution >= 4 is 11.9 Å². The maximum Gasteiger partial charge on any atom is 0.358 e. The summed E-state index contributed by atoms with van der Waals surface area (Å²) in [6.07, 6.45) is 0. The molecule has 0 radical (unpaired) electrons. The van der Waals surface area contributed by atoms with Crippen LogP contribution in [0, 0.1) is 0 Å². The van der Waals surface area contributed by atoms with Gasteiger partial charge in [-0.1, -0.05) is 5.16 Å². The second-order valence-electron chi connectivity index (χ2n) is 4.03. The highest BCUT2D eigenvalue weighted by Crippen LogP contribution is 2.23. The van der Waals surface area contributed by atoms with Crippen LogP contribution >= 0.6 is 0 Å². The van der Waals surface area contributed by atoms with Crippen LogP contribution in [0.2, 0.25) is 0 Å². The van der Waals surface area contributed by atoms with Crippen molar-refractivity contribution in [3.8, 4) is 11.5 Å². The number of hydrogen-bond donors (Lipinski definition) is 2. The predicted molar refractivity (Wildman–Crippen MR) is 69.3 cm³/mol. The van der Waals surface area contributed by atoms with Gasteiger partial charge in [-0.15, -0.1) is 0 Å². The molecule has 0 aliphatic rings. The molecule has 0 aliphatic carbocycles. The van der Waals surface area contributed by atoms with E-state index in [4.69, 9.17) is 24.8 Å². The number of benzene rings is 1. The summed E-state index contributed by atoms with van der Waals surface area (Å²) >= 11 is 0. The fourth-order valence-corrected chi connectivity index (χ4v) is 1.55. The molecule has 1 amide bonds. The Kier molecular flexibility index (Phi) is 4.07. The van der Waals surface area contributed by atoms with Gasteiger partial charge < -0.3 is 24.8 Å². The lowest BCUT2D eigenvalue weighted by molar-refractivity contribution is 0.0685. The number of nitrogens with zero attached hydrogens (tertiary/aromatic N) is 1. The van der Waals surface area contributed by atoms with Gasteiger partial charge in [0.25, 0.3) is 0 Å². The highest BCUT2D eigenvalue weighted by molar-refractivity contribution is 5.93. The monoisotopic (exact) mass is 292 g/mol. The Morgan fingerprint density at radius 2 is 2.00 bits per heavy atom. The molecule has 0 saturated carbocycles. The molecule has 110 valence electrons. The number of carbonyl (C=O) groups is 2. The standard InChI is InChI=1S/C13H12N2O6/c1-19-8-2-7(12(14)16)3-9(4-8)20-6-10-5-11(13(17)18)15-21-10/h2-5H,6H2,1H3,(H2,14,16)(H,17,18). The number of rotatable bonds is 6. The minimum Gasteiger partial charge on any atom is -0.497 e. The summed E-state index contributed by atoms with van der Waals surface area (Å²) in [5.41, 5.74) is 5.23. The van der Waals surface area contributed by atoms with Crippen molar-refractivity contribution in [1.29, 1.82) is 0 Å². The summed E-state index contributed by atoms with van der Waals surface area (Å²) in [6, 6.07) is 5.73. The van der Waals surface area contributed by atoms with Crippen LogP contribution in [-0.4, -0.2) is 29.2 Å². The average molecular weight is 292 g/mol. The van der Waals surface area contributed by atoms with Crippen LogP contribution in [0.15, 0.2) is 28.8 Å². The van der Waals surface area contributed by atoms with Gasteiger partial charge in [-0.05, 0) is 12.1 Å². The molecule has 8 heteroatoms. The quantitative estimate of drug-likeness (QED) is 0.815. The van der Waals surface area contributed by atoms with Gasteiger partial charge in [0, 0.05) is 17.7 Å². The normalized spacial score (nSPS) is 10.1. The van der Waals surface area contributed by atoms with E-state index in [0.29, 0.717) is 11.5 Å². The first-order chi connectivity index (χ1) is 9.99. The van der Waals surface area contributed by atoms with Gasteiger partial charge in [0.15, 0.2) is 11.5 Å². The zero-order valence-electron chi connectivity index (χ0n) is 11.0. The highest BCUT2D eigenvalue weighted by Gasteiger charge is 2.12. The van der Waals surface area contributed by atoms with E-state index < -0.39 is 11.9 Å². The minimum absolute atomic E-state index is 0.0500. The molecular weight excluding hydrogens is 280 g/mol. The van der Waals surface area contributed by atoms with Crippen LogP contribution in [0.4, 0.5) is 0 Å². The molecule has 0 aliphatic heterocycles. The molecule has 1 aromatic heterocycles. The number of amides is 1. The Balaban J connectivity index is 2.13. The second-order valence-corrected chi connectivity index (χ2v) is 4.03. The van der Waals surface area contributed by atoms with Crippen LogP contribution in [0.1, 0.15) is 26.6 Å². The predicted octanol–water partition coefficient (Wildman–Crippen LogP) is 1.06. The van der Waals surface area contributed by atoms with E-state index in [2.05, 4.69) is 5.16 Å². The first-order valence-corrected chi connectivity index (χ1v) is 5.80. The van der Waals surface area contributed by atoms with E-state index in [1.54, 1.807) is 6.07 Å². The number of methoxy groups -OCH3 is 1. The third-order valence-electron chi connectivity index (χ3n) is 2.56. The first-order valence-electron chi connectivity index (χ1n) is 5.80. The molecule has 0 saturated heterocycles. The van der Waals surface area contributed by atoms with E-state index in [-0.39, 0.29) is 23.6 Å². The number of carboxylic acids is 1. The molecule has 8 nitrogen and oxygen atoms in total. The van der Waals surface area contributed by atoms with Gasteiger partial charge in [0.2, 0.25) is 5.91 Å². The van der Waals surface area contributed by atoms with Crippen molar-refractivity contribution in [3.63, 3.8) is 0 Å². The number of carboxylic acid groups (broad SMARTS) is 1. The van der Waals surface area contributed by atoms with Gasteiger partial charge in [-0.2, -0.15) is 0 Å². The van der Waals surface area contributed by atoms with Gasteiger partial charge >= 0.3 is 5.97 Å². The Morgan fingerprint density at radius 3 is 2.57 bits per heavy atom. The summed E-state index contributed by atoms with van der Waals surface area (Å²) in [4.78, 5) is 21.9. The van der Waals surface area contributed by atoms with Crippen molar-refractivity contribution in [2.45, 2.75) is 6.61 Å². The third-order valence-corrected chi connectivity index (χ3v) is 2.56. The Labute approximate surface area is 119 Å². The molecule has 0 unspecified atom stereocenters. The van der Waals surface area contributed by atoms with E-state index in [0.717, 1.165) is 0 Å². The van der Waals surface area contributed by atoms with Crippen molar-refractivity contribution < 1.29 is 28.7 Å². The molecule has 1 heterocycles. The van der Waals surface area contributed by atoms with Crippen LogP contribution < -0.4 is 15.2 Å². The Hall–Kier alpha value is -3.03.